The summed E-state index contributed by atoms with van der Waals surface area (Å²) in [5, 5.41) is 2.61. The van der Waals surface area contributed by atoms with E-state index in [-0.39, 0.29) is 0 Å². The highest BCUT2D eigenvalue weighted by Crippen LogP contribution is 2.28. The third-order valence-corrected chi connectivity index (χ3v) is 5.19. The summed E-state index contributed by atoms with van der Waals surface area (Å²) < 4.78 is 0. The van der Waals surface area contributed by atoms with Crippen LogP contribution in [-0.2, 0) is 0 Å². The molecule has 2 aliphatic rings. The molecule has 0 saturated carbocycles. The van der Waals surface area contributed by atoms with E-state index in [2.05, 4.69) is 58.8 Å². The summed E-state index contributed by atoms with van der Waals surface area (Å²) in [6.45, 7) is 9.16. The van der Waals surface area contributed by atoms with Crippen molar-refractivity contribution in [3.63, 3.8) is 0 Å². The van der Waals surface area contributed by atoms with Crippen molar-refractivity contribution in [2.45, 2.75) is 25.4 Å². The highest BCUT2D eigenvalue weighted by atomic mass is 15.4. The van der Waals surface area contributed by atoms with Gasteiger partial charge in [0.15, 0.2) is 0 Å². The Labute approximate surface area is 133 Å². The molecule has 2 saturated heterocycles. The molecule has 2 aliphatic heterocycles. The second-order valence-electron chi connectivity index (χ2n) is 6.65. The molecule has 1 unspecified atom stereocenters. The Kier molecular flexibility index (Phi) is 3.73. The van der Waals surface area contributed by atoms with Gasteiger partial charge in [-0.25, -0.2) is 0 Å². The van der Waals surface area contributed by atoms with E-state index >= 15 is 0 Å². The van der Waals surface area contributed by atoms with Crippen LogP contribution in [0.1, 0.15) is 24.8 Å². The van der Waals surface area contributed by atoms with Gasteiger partial charge >= 0.3 is 0 Å². The van der Waals surface area contributed by atoms with E-state index < -0.39 is 0 Å². The molecule has 2 heterocycles. The molecule has 0 bridgehead atoms. The molecule has 0 amide bonds. The molecule has 0 aromatic heterocycles. The average molecular weight is 292 g/mol. The fourth-order valence-corrected chi connectivity index (χ4v) is 4.04. The molecule has 0 aliphatic carbocycles. The summed E-state index contributed by atoms with van der Waals surface area (Å²) >= 11 is 0. The largest absolute Gasteiger partial charge is 0.288 e. The van der Waals surface area contributed by atoms with Crippen molar-refractivity contribution in [3.8, 4) is 0 Å². The van der Waals surface area contributed by atoms with Crippen LogP contribution in [0.5, 0.6) is 0 Å². The Balaban J connectivity index is 1.53. The molecular formula is C20H24N2. The fraction of sp³-hybridized carbons (Fsp3) is 0.400. The van der Waals surface area contributed by atoms with Crippen LogP contribution in [0.2, 0.25) is 0 Å². The summed E-state index contributed by atoms with van der Waals surface area (Å²) in [6, 6.07) is 15.3. The minimum atomic E-state index is 0.658. The predicted molar refractivity (Wildman–Crippen MR) is 93.8 cm³/mol. The van der Waals surface area contributed by atoms with Crippen LogP contribution in [0.3, 0.4) is 0 Å². The second-order valence-corrected chi connectivity index (χ2v) is 6.65. The molecule has 1 atom stereocenters. The van der Waals surface area contributed by atoms with E-state index in [1.54, 1.807) is 0 Å². The molecular weight excluding hydrogens is 268 g/mol. The van der Waals surface area contributed by atoms with Gasteiger partial charge < -0.3 is 0 Å². The number of benzene rings is 2. The predicted octanol–water partition coefficient (Wildman–Crippen LogP) is 3.98. The molecule has 0 spiro atoms. The van der Waals surface area contributed by atoms with E-state index in [1.807, 2.05) is 0 Å². The van der Waals surface area contributed by atoms with Gasteiger partial charge in [0.25, 0.3) is 0 Å². The van der Waals surface area contributed by atoms with E-state index in [9.17, 15) is 0 Å². The standard InChI is InChI=1S/C20H24N2/c1-16(15-22-13-5-12-21-11-4-8-20(21)22)18-10-9-17-6-2-3-7-19(17)14-18/h2-3,6-7,9-10,14,20H,1,4-5,8,11-13,15H2. The zero-order valence-electron chi connectivity index (χ0n) is 13.2. The first-order chi connectivity index (χ1) is 10.8. The quantitative estimate of drug-likeness (QED) is 0.844. The molecule has 2 heteroatoms. The zero-order chi connectivity index (χ0) is 14.9. The molecule has 2 nitrogen and oxygen atoms in total. The minimum Gasteiger partial charge on any atom is -0.288 e. The molecule has 2 aromatic rings. The van der Waals surface area contributed by atoms with Crippen LogP contribution in [0.15, 0.2) is 49.0 Å². The van der Waals surface area contributed by atoms with Crippen molar-refractivity contribution in [1.29, 1.82) is 0 Å². The molecule has 0 N–H and O–H groups in total. The van der Waals surface area contributed by atoms with Crippen LogP contribution < -0.4 is 0 Å². The van der Waals surface area contributed by atoms with E-state index in [0.717, 1.165) is 6.54 Å². The fourth-order valence-electron chi connectivity index (χ4n) is 4.04. The average Bonchev–Trinajstić information content (AvgIpc) is 3.04. The molecule has 4 rings (SSSR count). The van der Waals surface area contributed by atoms with Gasteiger partial charge in [-0.15, -0.1) is 0 Å². The first-order valence-corrected chi connectivity index (χ1v) is 8.46. The lowest BCUT2D eigenvalue weighted by molar-refractivity contribution is 0.0457. The summed E-state index contributed by atoms with van der Waals surface area (Å²) in [7, 11) is 0. The van der Waals surface area contributed by atoms with Crippen LogP contribution in [0.25, 0.3) is 16.3 Å². The maximum atomic E-state index is 4.38. The van der Waals surface area contributed by atoms with Crippen LogP contribution >= 0.6 is 0 Å². The minimum absolute atomic E-state index is 0.658. The lowest BCUT2D eigenvalue weighted by Gasteiger charge is -2.40. The van der Waals surface area contributed by atoms with Gasteiger partial charge in [-0.1, -0.05) is 43.0 Å². The van der Waals surface area contributed by atoms with Crippen molar-refractivity contribution in [2.75, 3.05) is 26.2 Å². The molecule has 2 fully saturated rings. The topological polar surface area (TPSA) is 6.48 Å². The highest BCUT2D eigenvalue weighted by Gasteiger charge is 2.32. The Morgan fingerprint density at radius 1 is 1.00 bits per heavy atom. The lowest BCUT2D eigenvalue weighted by atomic mass is 10.0. The highest BCUT2D eigenvalue weighted by molar-refractivity contribution is 5.86. The number of nitrogens with zero attached hydrogens (tertiary/aromatic N) is 2. The van der Waals surface area contributed by atoms with E-state index in [4.69, 9.17) is 0 Å². The number of hydrogen-bond acceptors (Lipinski definition) is 2. The Bertz CT molecular complexity index is 691. The van der Waals surface area contributed by atoms with Crippen molar-refractivity contribution in [3.05, 3.63) is 54.6 Å². The third-order valence-electron chi connectivity index (χ3n) is 5.19. The van der Waals surface area contributed by atoms with Crippen LogP contribution in [0.4, 0.5) is 0 Å². The zero-order valence-corrected chi connectivity index (χ0v) is 13.2. The molecule has 0 radical (unpaired) electrons. The summed E-state index contributed by atoms with van der Waals surface area (Å²) in [4.78, 5) is 5.28. The summed E-state index contributed by atoms with van der Waals surface area (Å²) in [6.07, 6.45) is 4.63. The second kappa shape index (κ2) is 5.86. The van der Waals surface area contributed by atoms with Crippen molar-refractivity contribution < 1.29 is 0 Å². The SMILES string of the molecule is C=C(CN1CCCN2CCCC21)c1ccc2ccccc2c1. The van der Waals surface area contributed by atoms with Crippen molar-refractivity contribution >= 4 is 16.3 Å². The van der Waals surface area contributed by atoms with Crippen molar-refractivity contribution in [2.24, 2.45) is 0 Å². The van der Waals surface area contributed by atoms with Crippen LogP contribution in [-0.4, -0.2) is 42.1 Å². The van der Waals surface area contributed by atoms with Gasteiger partial charge in [-0.05, 0) is 53.8 Å². The lowest BCUT2D eigenvalue weighted by Crippen LogP contribution is -2.50. The maximum absolute atomic E-state index is 4.38. The maximum Gasteiger partial charge on any atom is 0.0625 e. The van der Waals surface area contributed by atoms with Crippen LogP contribution in [0, 0.1) is 0 Å². The third kappa shape index (κ3) is 2.57. The molecule has 22 heavy (non-hydrogen) atoms. The normalized spacial score (nSPS) is 22.8. The van der Waals surface area contributed by atoms with Gasteiger partial charge in [-0.3, -0.25) is 9.80 Å². The summed E-state index contributed by atoms with van der Waals surface area (Å²) in [5.41, 5.74) is 2.54. The molecule has 114 valence electrons. The van der Waals surface area contributed by atoms with Gasteiger partial charge in [0.2, 0.25) is 0 Å². The smallest absolute Gasteiger partial charge is 0.0625 e. The van der Waals surface area contributed by atoms with Gasteiger partial charge in [0.05, 0.1) is 6.17 Å². The van der Waals surface area contributed by atoms with E-state index in [0.29, 0.717) is 6.17 Å². The first kappa shape index (κ1) is 14.0. The Morgan fingerprint density at radius 3 is 2.73 bits per heavy atom. The summed E-state index contributed by atoms with van der Waals surface area (Å²) in [5.74, 6) is 0. The Hall–Kier alpha value is -1.64. The number of rotatable bonds is 3. The van der Waals surface area contributed by atoms with Gasteiger partial charge in [-0.2, -0.15) is 0 Å². The monoisotopic (exact) mass is 292 g/mol. The van der Waals surface area contributed by atoms with Gasteiger partial charge in [0.1, 0.15) is 0 Å². The molecule has 2 aromatic carbocycles. The van der Waals surface area contributed by atoms with E-state index in [1.165, 1.54) is 60.8 Å². The van der Waals surface area contributed by atoms with Gasteiger partial charge in [0, 0.05) is 19.6 Å². The first-order valence-electron chi connectivity index (χ1n) is 8.46. The number of fused-ring (bicyclic) bond motifs is 2. The Morgan fingerprint density at radius 2 is 1.82 bits per heavy atom. The van der Waals surface area contributed by atoms with Crippen molar-refractivity contribution in [1.82, 2.24) is 9.80 Å². The number of hydrogen-bond donors (Lipinski definition) is 0.